The molecule has 0 aliphatic heterocycles. The first-order chi connectivity index (χ1) is 10.6. The second kappa shape index (κ2) is 6.95. The zero-order valence-corrected chi connectivity index (χ0v) is 13.0. The van der Waals surface area contributed by atoms with Gasteiger partial charge in [0.1, 0.15) is 5.54 Å². The maximum absolute atomic E-state index is 12.3. The Labute approximate surface area is 131 Å². The van der Waals surface area contributed by atoms with Crippen LogP contribution in [0, 0.1) is 12.3 Å². The average Bonchev–Trinajstić information content (AvgIpc) is 3.06. The highest BCUT2D eigenvalue weighted by Crippen LogP contribution is 2.15. The molecule has 0 fully saturated rings. The molecule has 1 aromatic carbocycles. The molecule has 0 unspecified atom stereocenters. The molecule has 2 aromatic rings. The molecular weight excluding hydrogens is 274 g/mol. The zero-order chi connectivity index (χ0) is 16.0. The van der Waals surface area contributed by atoms with E-state index in [9.17, 15) is 4.79 Å². The van der Waals surface area contributed by atoms with Gasteiger partial charge in [0.05, 0.1) is 6.54 Å². The molecular formula is C18H21N3O. The van der Waals surface area contributed by atoms with Gasteiger partial charge in [0, 0.05) is 18.0 Å². The van der Waals surface area contributed by atoms with Gasteiger partial charge in [-0.1, -0.05) is 31.9 Å². The number of carbonyl (C=O) groups is 1. The fraction of sp³-hybridized carbons (Fsp3) is 0.333. The number of nitrogens with one attached hydrogen (secondary N) is 1. The molecule has 114 valence electrons. The molecule has 0 bridgehead atoms. The number of rotatable bonds is 6. The molecule has 0 aliphatic carbocycles. The Morgan fingerprint density at radius 3 is 2.50 bits per heavy atom. The van der Waals surface area contributed by atoms with Crippen LogP contribution in [-0.2, 0) is 6.54 Å². The number of carbonyl (C=O) groups excluding carboxylic acids is 1. The molecule has 0 saturated heterocycles. The molecule has 4 nitrogen and oxygen atoms in total. The van der Waals surface area contributed by atoms with Crippen molar-refractivity contribution in [2.45, 2.75) is 38.8 Å². The summed E-state index contributed by atoms with van der Waals surface area (Å²) in [5.41, 5.74) is 1.14. The van der Waals surface area contributed by atoms with E-state index in [0.29, 0.717) is 24.9 Å². The lowest BCUT2D eigenvalue weighted by Crippen LogP contribution is -2.46. The predicted octanol–water partition coefficient (Wildman–Crippen LogP) is 2.85. The van der Waals surface area contributed by atoms with Gasteiger partial charge < -0.3 is 5.32 Å². The lowest BCUT2D eigenvalue weighted by molar-refractivity contribution is 0.0916. The van der Waals surface area contributed by atoms with E-state index in [2.05, 4.69) is 16.3 Å². The first-order valence-electron chi connectivity index (χ1n) is 7.49. The number of terminal acetylenes is 1. The van der Waals surface area contributed by atoms with Gasteiger partial charge in [-0.25, -0.2) is 0 Å². The average molecular weight is 295 g/mol. The summed E-state index contributed by atoms with van der Waals surface area (Å²) in [6.45, 7) is 4.65. The van der Waals surface area contributed by atoms with E-state index in [1.165, 1.54) is 0 Å². The smallest absolute Gasteiger partial charge is 0.252 e. The van der Waals surface area contributed by atoms with E-state index in [-0.39, 0.29) is 5.91 Å². The summed E-state index contributed by atoms with van der Waals surface area (Å²) < 4.78 is 1.84. The molecule has 0 radical (unpaired) electrons. The minimum atomic E-state index is -0.565. The van der Waals surface area contributed by atoms with Gasteiger partial charge >= 0.3 is 0 Å². The Balaban J connectivity index is 2.07. The Hall–Kier alpha value is -2.54. The maximum atomic E-state index is 12.3. The van der Waals surface area contributed by atoms with Crippen molar-refractivity contribution in [3.63, 3.8) is 0 Å². The van der Waals surface area contributed by atoms with Crippen molar-refractivity contribution in [2.75, 3.05) is 0 Å². The Kier molecular flexibility index (Phi) is 5.00. The van der Waals surface area contributed by atoms with Crippen molar-refractivity contribution < 1.29 is 4.79 Å². The number of aromatic nitrogens is 2. The summed E-state index contributed by atoms with van der Waals surface area (Å²) in [6, 6.07) is 9.40. The van der Waals surface area contributed by atoms with Crippen LogP contribution in [0.2, 0.25) is 0 Å². The zero-order valence-electron chi connectivity index (χ0n) is 13.0. The van der Waals surface area contributed by atoms with Crippen LogP contribution in [-0.4, -0.2) is 21.2 Å². The molecule has 2 rings (SSSR count). The molecule has 1 N–H and O–H groups in total. The van der Waals surface area contributed by atoms with Crippen molar-refractivity contribution in [1.29, 1.82) is 0 Å². The van der Waals surface area contributed by atoms with Crippen LogP contribution in [0.25, 0.3) is 0 Å². The molecule has 22 heavy (non-hydrogen) atoms. The third-order valence-corrected chi connectivity index (χ3v) is 3.96. The van der Waals surface area contributed by atoms with Gasteiger partial charge in [0.15, 0.2) is 0 Å². The molecule has 0 atom stereocenters. The number of nitrogens with zero attached hydrogens (tertiary/aromatic N) is 2. The first kappa shape index (κ1) is 15.8. The van der Waals surface area contributed by atoms with E-state index in [1.54, 1.807) is 6.20 Å². The van der Waals surface area contributed by atoms with E-state index >= 15 is 0 Å². The van der Waals surface area contributed by atoms with Crippen molar-refractivity contribution in [3.05, 3.63) is 53.9 Å². The van der Waals surface area contributed by atoms with Crippen LogP contribution in [0.5, 0.6) is 0 Å². The Morgan fingerprint density at radius 1 is 1.32 bits per heavy atom. The Morgan fingerprint density at radius 2 is 2.00 bits per heavy atom. The quantitative estimate of drug-likeness (QED) is 0.833. The molecule has 0 spiro atoms. The normalized spacial score (nSPS) is 11.0. The monoisotopic (exact) mass is 295 g/mol. The highest BCUT2D eigenvalue weighted by Gasteiger charge is 2.25. The van der Waals surface area contributed by atoms with Crippen LogP contribution in [0.1, 0.15) is 42.6 Å². The van der Waals surface area contributed by atoms with Crippen LogP contribution in [0.4, 0.5) is 0 Å². The summed E-state index contributed by atoms with van der Waals surface area (Å²) in [7, 11) is 0. The highest BCUT2D eigenvalue weighted by atomic mass is 16.1. The van der Waals surface area contributed by atoms with Gasteiger partial charge in [0.25, 0.3) is 5.91 Å². The van der Waals surface area contributed by atoms with Crippen molar-refractivity contribution in [3.8, 4) is 12.3 Å². The minimum absolute atomic E-state index is 0.132. The van der Waals surface area contributed by atoms with Crippen LogP contribution >= 0.6 is 0 Å². The summed E-state index contributed by atoms with van der Waals surface area (Å²) in [6.07, 6.45) is 10.7. The standard InChI is InChI=1S/C18H21N3O/c1-4-18(5-2,6-3)20-17(22)16-10-8-15(9-11-16)14-21-13-7-12-19-21/h1,7-13H,5-6,14H2,2-3H3,(H,20,22). The second-order valence-electron chi connectivity index (χ2n) is 5.29. The van der Waals surface area contributed by atoms with Gasteiger partial charge in [-0.15, -0.1) is 6.42 Å². The summed E-state index contributed by atoms with van der Waals surface area (Å²) in [4.78, 5) is 12.3. The number of hydrogen-bond acceptors (Lipinski definition) is 2. The van der Waals surface area contributed by atoms with Gasteiger partial charge in [-0.3, -0.25) is 9.48 Å². The van der Waals surface area contributed by atoms with Crippen LogP contribution in [0.3, 0.4) is 0 Å². The van der Waals surface area contributed by atoms with E-state index in [0.717, 1.165) is 5.56 Å². The lowest BCUT2D eigenvalue weighted by Gasteiger charge is -2.27. The predicted molar refractivity (Wildman–Crippen MR) is 87.4 cm³/mol. The van der Waals surface area contributed by atoms with Crippen LogP contribution in [0.15, 0.2) is 42.7 Å². The topological polar surface area (TPSA) is 46.9 Å². The molecule has 1 aromatic heterocycles. The second-order valence-corrected chi connectivity index (χ2v) is 5.29. The van der Waals surface area contributed by atoms with Crippen molar-refractivity contribution in [2.24, 2.45) is 0 Å². The SMILES string of the molecule is C#CC(CC)(CC)NC(=O)c1ccc(Cn2cccn2)cc1. The van der Waals surface area contributed by atoms with E-state index < -0.39 is 5.54 Å². The third-order valence-electron chi connectivity index (χ3n) is 3.96. The molecule has 1 amide bonds. The largest absolute Gasteiger partial charge is 0.336 e. The number of benzene rings is 1. The highest BCUT2D eigenvalue weighted by molar-refractivity contribution is 5.95. The van der Waals surface area contributed by atoms with E-state index in [1.807, 2.05) is 55.1 Å². The third kappa shape index (κ3) is 3.56. The first-order valence-corrected chi connectivity index (χ1v) is 7.49. The molecule has 0 aliphatic rings. The van der Waals surface area contributed by atoms with Gasteiger partial charge in [0.2, 0.25) is 0 Å². The number of hydrogen-bond donors (Lipinski definition) is 1. The van der Waals surface area contributed by atoms with Gasteiger partial charge in [-0.2, -0.15) is 5.10 Å². The minimum Gasteiger partial charge on any atom is -0.336 e. The fourth-order valence-corrected chi connectivity index (χ4v) is 2.30. The maximum Gasteiger partial charge on any atom is 0.252 e. The molecule has 0 saturated carbocycles. The van der Waals surface area contributed by atoms with E-state index in [4.69, 9.17) is 6.42 Å². The van der Waals surface area contributed by atoms with Crippen molar-refractivity contribution in [1.82, 2.24) is 15.1 Å². The lowest BCUT2D eigenvalue weighted by atomic mass is 9.93. The van der Waals surface area contributed by atoms with Crippen LogP contribution < -0.4 is 5.32 Å². The molecule has 1 heterocycles. The Bertz CT molecular complexity index is 647. The number of amides is 1. The summed E-state index contributed by atoms with van der Waals surface area (Å²) >= 11 is 0. The fourth-order valence-electron chi connectivity index (χ4n) is 2.30. The van der Waals surface area contributed by atoms with Gasteiger partial charge in [-0.05, 0) is 36.6 Å². The molecule has 4 heteroatoms. The summed E-state index contributed by atoms with van der Waals surface area (Å²) in [5, 5.41) is 7.13. The summed E-state index contributed by atoms with van der Waals surface area (Å²) in [5.74, 6) is 2.58. The van der Waals surface area contributed by atoms with Crippen molar-refractivity contribution >= 4 is 5.91 Å².